The zero-order chi connectivity index (χ0) is 12.0. The van der Waals surface area contributed by atoms with Gasteiger partial charge in [-0.1, -0.05) is 30.4 Å². The first-order chi connectivity index (χ1) is 7.69. The highest BCUT2D eigenvalue weighted by molar-refractivity contribution is 7.80. The lowest BCUT2D eigenvalue weighted by Gasteiger charge is -2.09. The molecule has 0 aliphatic rings. The van der Waals surface area contributed by atoms with Crippen LogP contribution in [0.25, 0.3) is 0 Å². The van der Waals surface area contributed by atoms with E-state index < -0.39 is 11.9 Å². The zero-order valence-electron chi connectivity index (χ0n) is 8.01. The van der Waals surface area contributed by atoms with Crippen LogP contribution in [-0.4, -0.2) is 11.0 Å². The second kappa shape index (κ2) is 5.78. The number of nitriles is 1. The summed E-state index contributed by atoms with van der Waals surface area (Å²) < 4.78 is 11.6. The number of benzene rings is 1. The van der Waals surface area contributed by atoms with Crippen LogP contribution in [0.5, 0.6) is 0 Å². The number of halogens is 1. The van der Waals surface area contributed by atoms with Gasteiger partial charge in [0, 0.05) is 10.2 Å². The number of hydrogen-bond acceptors (Lipinski definition) is 4. The van der Waals surface area contributed by atoms with Gasteiger partial charge in [0.1, 0.15) is 4.99 Å². The van der Waals surface area contributed by atoms with Crippen LogP contribution in [0.2, 0.25) is 0 Å². The van der Waals surface area contributed by atoms with Gasteiger partial charge in [0.05, 0.1) is 6.07 Å². The van der Waals surface area contributed by atoms with Crippen LogP contribution in [0.1, 0.15) is 0 Å². The van der Waals surface area contributed by atoms with Gasteiger partial charge in [-0.3, -0.25) is 4.94 Å². The van der Waals surface area contributed by atoms with E-state index in [0.29, 0.717) is 5.69 Å². The van der Waals surface area contributed by atoms with Crippen molar-refractivity contribution in [3.05, 3.63) is 30.3 Å². The van der Waals surface area contributed by atoms with E-state index in [1.807, 2.05) is 0 Å². The number of thiocarbonyl (C=S) groups is 1. The fourth-order valence-electron chi connectivity index (χ4n) is 0.999. The third-order valence-electron chi connectivity index (χ3n) is 1.74. The Labute approximate surface area is 96.5 Å². The molecule has 1 aromatic carbocycles. The molecule has 6 heteroatoms. The molecule has 0 saturated heterocycles. The first-order valence-electron chi connectivity index (χ1n) is 4.27. The fraction of sp³-hybridized carbons (Fsp3) is 0.100. The SMILES string of the molecule is N#CC(C(=O)OF)C(=S)Nc1ccccc1. The number of hydrogen-bond donors (Lipinski definition) is 1. The van der Waals surface area contributed by atoms with Crippen molar-refractivity contribution in [2.24, 2.45) is 5.92 Å². The molecule has 16 heavy (non-hydrogen) atoms. The molecule has 0 aliphatic heterocycles. The van der Waals surface area contributed by atoms with Crippen molar-refractivity contribution in [3.63, 3.8) is 0 Å². The van der Waals surface area contributed by atoms with Crippen molar-refractivity contribution in [2.75, 3.05) is 5.32 Å². The molecule has 1 atom stereocenters. The Bertz CT molecular complexity index is 430. The molecule has 1 unspecified atom stereocenters. The number of anilines is 1. The second-order valence-electron chi connectivity index (χ2n) is 2.81. The van der Waals surface area contributed by atoms with E-state index in [2.05, 4.69) is 10.3 Å². The van der Waals surface area contributed by atoms with Gasteiger partial charge in [-0.25, -0.2) is 4.79 Å². The summed E-state index contributed by atoms with van der Waals surface area (Å²) in [4.78, 5) is 13.7. The van der Waals surface area contributed by atoms with E-state index in [9.17, 15) is 9.32 Å². The number of carbonyl (C=O) groups is 1. The Morgan fingerprint density at radius 1 is 1.50 bits per heavy atom. The molecule has 0 aliphatic carbocycles. The van der Waals surface area contributed by atoms with Gasteiger partial charge in [0.2, 0.25) is 0 Å². The minimum atomic E-state index is -1.44. The van der Waals surface area contributed by atoms with Gasteiger partial charge >= 0.3 is 5.97 Å². The molecule has 0 spiro atoms. The summed E-state index contributed by atoms with van der Waals surface area (Å²) in [7, 11) is 0. The maximum Gasteiger partial charge on any atom is 0.372 e. The zero-order valence-corrected chi connectivity index (χ0v) is 8.83. The van der Waals surface area contributed by atoms with Gasteiger partial charge in [0.15, 0.2) is 5.92 Å². The Balaban J connectivity index is 2.72. The van der Waals surface area contributed by atoms with Crippen LogP contribution < -0.4 is 5.32 Å². The van der Waals surface area contributed by atoms with E-state index in [0.717, 1.165) is 0 Å². The quantitative estimate of drug-likeness (QED) is 0.816. The summed E-state index contributed by atoms with van der Waals surface area (Å²) in [5.41, 5.74) is 0.611. The first-order valence-corrected chi connectivity index (χ1v) is 4.68. The number of nitrogens with one attached hydrogen (secondary N) is 1. The third kappa shape index (κ3) is 3.00. The highest BCUT2D eigenvalue weighted by atomic mass is 32.1. The maximum absolute atomic E-state index is 11.6. The maximum atomic E-state index is 11.6. The summed E-state index contributed by atoms with van der Waals surface area (Å²) in [5.74, 6) is -2.77. The lowest BCUT2D eigenvalue weighted by Crippen LogP contribution is -2.27. The van der Waals surface area contributed by atoms with Crippen LogP contribution in [0.3, 0.4) is 0 Å². The van der Waals surface area contributed by atoms with Gasteiger partial charge in [-0.2, -0.15) is 5.26 Å². The lowest BCUT2D eigenvalue weighted by atomic mass is 10.1. The number of para-hydroxylation sites is 1. The number of rotatable bonds is 3. The lowest BCUT2D eigenvalue weighted by molar-refractivity contribution is -0.184. The van der Waals surface area contributed by atoms with E-state index in [-0.39, 0.29) is 4.99 Å². The van der Waals surface area contributed by atoms with Crippen LogP contribution in [-0.2, 0) is 9.74 Å². The molecule has 0 radical (unpaired) electrons. The number of carbonyl (C=O) groups excluding carboxylic acids is 1. The average molecular weight is 238 g/mol. The normalized spacial score (nSPS) is 11.0. The van der Waals surface area contributed by atoms with Crippen molar-refractivity contribution in [2.45, 2.75) is 0 Å². The molecule has 0 bridgehead atoms. The highest BCUT2D eigenvalue weighted by Gasteiger charge is 2.25. The van der Waals surface area contributed by atoms with Crippen molar-refractivity contribution in [3.8, 4) is 6.07 Å². The molecule has 82 valence electrons. The molecule has 0 saturated carbocycles. The molecule has 0 aromatic heterocycles. The largest absolute Gasteiger partial charge is 0.372 e. The smallest absolute Gasteiger partial charge is 0.348 e. The summed E-state index contributed by atoms with van der Waals surface area (Å²) in [6.45, 7) is 0. The Morgan fingerprint density at radius 2 is 2.12 bits per heavy atom. The van der Waals surface area contributed by atoms with E-state index in [1.54, 1.807) is 36.4 Å². The average Bonchev–Trinajstić information content (AvgIpc) is 2.31. The molecule has 1 N–H and O–H groups in total. The monoisotopic (exact) mass is 238 g/mol. The molecule has 1 aromatic rings. The molecule has 4 nitrogen and oxygen atoms in total. The Hall–Kier alpha value is -2.00. The van der Waals surface area contributed by atoms with E-state index >= 15 is 0 Å². The van der Waals surface area contributed by atoms with Crippen LogP contribution >= 0.6 is 12.2 Å². The molecule has 0 heterocycles. The van der Waals surface area contributed by atoms with Crippen molar-refractivity contribution < 1.29 is 14.3 Å². The van der Waals surface area contributed by atoms with Gasteiger partial charge < -0.3 is 5.32 Å². The van der Waals surface area contributed by atoms with Crippen LogP contribution in [0, 0.1) is 17.2 Å². The molecular formula is C10H7FN2O2S. The van der Waals surface area contributed by atoms with Gasteiger partial charge in [-0.15, -0.1) is 0 Å². The van der Waals surface area contributed by atoms with Crippen molar-refractivity contribution in [1.82, 2.24) is 0 Å². The third-order valence-corrected chi connectivity index (χ3v) is 2.08. The Morgan fingerprint density at radius 3 is 2.62 bits per heavy atom. The van der Waals surface area contributed by atoms with E-state index in [1.165, 1.54) is 0 Å². The first kappa shape index (κ1) is 12.1. The predicted octanol–water partition coefficient (Wildman–Crippen LogP) is 1.99. The predicted molar refractivity (Wildman–Crippen MR) is 59.0 cm³/mol. The second-order valence-corrected chi connectivity index (χ2v) is 3.25. The highest BCUT2D eigenvalue weighted by Crippen LogP contribution is 2.10. The van der Waals surface area contributed by atoms with Crippen molar-refractivity contribution in [1.29, 1.82) is 5.26 Å². The number of nitrogens with zero attached hydrogens (tertiary/aromatic N) is 1. The minimum Gasteiger partial charge on any atom is -0.348 e. The van der Waals surface area contributed by atoms with Crippen LogP contribution in [0.4, 0.5) is 10.2 Å². The van der Waals surface area contributed by atoms with Gasteiger partial charge in [0.25, 0.3) is 0 Å². The topological polar surface area (TPSA) is 62.1 Å². The van der Waals surface area contributed by atoms with Crippen molar-refractivity contribution >= 4 is 28.9 Å². The summed E-state index contributed by atoms with van der Waals surface area (Å²) in [6, 6.07) is 10.2. The van der Waals surface area contributed by atoms with Gasteiger partial charge in [-0.05, 0) is 12.1 Å². The summed E-state index contributed by atoms with van der Waals surface area (Å²) in [5, 5.41) is 11.3. The molecular weight excluding hydrogens is 231 g/mol. The Kier molecular flexibility index (Phi) is 4.36. The summed E-state index contributed by atoms with van der Waals surface area (Å²) in [6.07, 6.45) is 0. The minimum absolute atomic E-state index is 0.101. The van der Waals surface area contributed by atoms with Crippen LogP contribution in [0.15, 0.2) is 30.3 Å². The fourth-order valence-corrected chi connectivity index (χ4v) is 1.27. The molecule has 1 rings (SSSR count). The molecule has 0 fully saturated rings. The summed E-state index contributed by atoms with van der Waals surface area (Å²) >= 11 is 4.80. The molecule has 0 amide bonds. The standard InChI is InChI=1S/C10H7FN2O2S/c11-15-10(14)8(6-12)9(16)13-7-4-2-1-3-5-7/h1-5,8H,(H,13,16). The van der Waals surface area contributed by atoms with E-state index in [4.69, 9.17) is 17.5 Å².